The van der Waals surface area contributed by atoms with E-state index in [1.807, 2.05) is 6.07 Å². The molecule has 0 atom stereocenters. The average molecular weight is 403 g/mol. The van der Waals surface area contributed by atoms with E-state index in [0.29, 0.717) is 18.5 Å². The fourth-order valence-electron chi connectivity index (χ4n) is 2.95. The molecule has 0 unspecified atom stereocenters. The summed E-state index contributed by atoms with van der Waals surface area (Å²) in [5.41, 5.74) is 0.623. The van der Waals surface area contributed by atoms with Gasteiger partial charge in [0.1, 0.15) is 4.90 Å². The lowest BCUT2D eigenvalue weighted by molar-refractivity contribution is -0.152. The summed E-state index contributed by atoms with van der Waals surface area (Å²) in [6.07, 6.45) is 3.51. The Morgan fingerprint density at radius 3 is 2.46 bits per heavy atom. The van der Waals surface area contributed by atoms with Crippen LogP contribution in [0.2, 0.25) is 0 Å². The van der Waals surface area contributed by atoms with E-state index in [1.54, 1.807) is 30.3 Å². The van der Waals surface area contributed by atoms with Crippen LogP contribution in [0.3, 0.4) is 0 Å². The molecule has 0 aliphatic carbocycles. The maximum Gasteiger partial charge on any atom is 0.309 e. The molecule has 0 spiro atoms. The zero-order valence-corrected chi connectivity index (χ0v) is 16.0. The molecular formula is C19H21N3O5S. The molecule has 1 aliphatic heterocycles. The summed E-state index contributed by atoms with van der Waals surface area (Å²) in [4.78, 5) is 28.0. The van der Waals surface area contributed by atoms with Gasteiger partial charge < -0.3 is 10.1 Å². The van der Waals surface area contributed by atoms with Crippen LogP contribution in [-0.4, -0.2) is 49.3 Å². The number of carbonyl (C=O) groups is 2. The van der Waals surface area contributed by atoms with Crippen molar-refractivity contribution >= 4 is 27.6 Å². The predicted molar refractivity (Wildman–Crippen MR) is 102 cm³/mol. The first-order valence-corrected chi connectivity index (χ1v) is 10.3. The topological polar surface area (TPSA) is 106 Å². The largest absolute Gasteiger partial charge is 0.455 e. The molecule has 2 heterocycles. The molecular weight excluding hydrogens is 382 g/mol. The Kier molecular flexibility index (Phi) is 6.37. The first-order valence-electron chi connectivity index (χ1n) is 8.88. The molecule has 3 rings (SSSR count). The van der Waals surface area contributed by atoms with Crippen molar-refractivity contribution in [1.29, 1.82) is 0 Å². The van der Waals surface area contributed by atoms with Gasteiger partial charge >= 0.3 is 5.97 Å². The van der Waals surface area contributed by atoms with Crippen LogP contribution in [0, 0.1) is 5.92 Å². The quantitative estimate of drug-likeness (QED) is 0.736. The van der Waals surface area contributed by atoms with Gasteiger partial charge in [-0.2, -0.15) is 4.31 Å². The number of sulfonamides is 1. The lowest BCUT2D eigenvalue weighted by atomic mass is 9.98. The molecule has 1 fully saturated rings. The number of piperidine rings is 1. The third-order valence-corrected chi connectivity index (χ3v) is 6.34. The Labute approximate surface area is 163 Å². The van der Waals surface area contributed by atoms with Crippen molar-refractivity contribution < 1.29 is 22.7 Å². The molecule has 1 amide bonds. The van der Waals surface area contributed by atoms with E-state index < -0.39 is 27.8 Å². The first-order chi connectivity index (χ1) is 13.5. The van der Waals surface area contributed by atoms with Crippen LogP contribution in [-0.2, 0) is 24.3 Å². The zero-order valence-electron chi connectivity index (χ0n) is 15.2. The van der Waals surface area contributed by atoms with E-state index in [2.05, 4.69) is 10.3 Å². The van der Waals surface area contributed by atoms with Gasteiger partial charge in [-0.15, -0.1) is 0 Å². The number of carbonyl (C=O) groups excluding carboxylic acids is 2. The van der Waals surface area contributed by atoms with Crippen LogP contribution in [0.4, 0.5) is 5.69 Å². The van der Waals surface area contributed by atoms with Gasteiger partial charge in [0.15, 0.2) is 6.61 Å². The van der Waals surface area contributed by atoms with Crippen LogP contribution in [0.15, 0.2) is 59.8 Å². The molecule has 1 aromatic heterocycles. The number of pyridine rings is 1. The van der Waals surface area contributed by atoms with Gasteiger partial charge in [0.25, 0.3) is 5.91 Å². The lowest BCUT2D eigenvalue weighted by Gasteiger charge is -2.29. The highest BCUT2D eigenvalue weighted by atomic mass is 32.2. The summed E-state index contributed by atoms with van der Waals surface area (Å²) < 4.78 is 31.6. The number of benzene rings is 1. The second-order valence-corrected chi connectivity index (χ2v) is 8.33. The predicted octanol–water partition coefficient (Wildman–Crippen LogP) is 1.66. The van der Waals surface area contributed by atoms with E-state index in [1.165, 1.54) is 22.8 Å². The van der Waals surface area contributed by atoms with E-state index >= 15 is 0 Å². The van der Waals surface area contributed by atoms with E-state index in [-0.39, 0.29) is 24.6 Å². The normalized spacial score (nSPS) is 15.7. The molecule has 2 aromatic rings. The molecule has 148 valence electrons. The van der Waals surface area contributed by atoms with Crippen molar-refractivity contribution in [3.63, 3.8) is 0 Å². The van der Waals surface area contributed by atoms with Crippen LogP contribution < -0.4 is 5.32 Å². The summed E-state index contributed by atoms with van der Waals surface area (Å²) in [7, 11) is -3.62. The zero-order chi connectivity index (χ0) is 20.0. The number of anilines is 1. The van der Waals surface area contributed by atoms with Crippen LogP contribution in [0.1, 0.15) is 12.8 Å². The van der Waals surface area contributed by atoms with Gasteiger partial charge in [-0.1, -0.05) is 18.2 Å². The van der Waals surface area contributed by atoms with Gasteiger partial charge in [0.05, 0.1) is 5.92 Å². The number of para-hydroxylation sites is 1. The molecule has 28 heavy (non-hydrogen) atoms. The minimum Gasteiger partial charge on any atom is -0.455 e. The molecule has 0 saturated carbocycles. The molecule has 1 aliphatic rings. The van der Waals surface area contributed by atoms with Gasteiger partial charge in [0, 0.05) is 31.2 Å². The minimum atomic E-state index is -3.62. The van der Waals surface area contributed by atoms with Gasteiger partial charge in [-0.3, -0.25) is 14.6 Å². The summed E-state index contributed by atoms with van der Waals surface area (Å²) in [6, 6.07) is 11.9. The summed E-state index contributed by atoms with van der Waals surface area (Å²) in [5, 5.41) is 2.64. The fourth-order valence-corrected chi connectivity index (χ4v) is 4.39. The van der Waals surface area contributed by atoms with Crippen molar-refractivity contribution in [1.82, 2.24) is 9.29 Å². The number of ether oxygens (including phenoxy) is 1. The number of aromatic nitrogens is 1. The third kappa shape index (κ3) is 4.93. The van der Waals surface area contributed by atoms with Crippen LogP contribution >= 0.6 is 0 Å². The number of hydrogen-bond donors (Lipinski definition) is 1. The summed E-state index contributed by atoms with van der Waals surface area (Å²) >= 11 is 0. The van der Waals surface area contributed by atoms with Crippen LogP contribution in [0.25, 0.3) is 0 Å². The second kappa shape index (κ2) is 8.94. The number of esters is 1. The van der Waals surface area contributed by atoms with Gasteiger partial charge in [0.2, 0.25) is 10.0 Å². The van der Waals surface area contributed by atoms with Crippen LogP contribution in [0.5, 0.6) is 0 Å². The molecule has 0 bridgehead atoms. The Bertz CT molecular complexity index is 911. The highest BCUT2D eigenvalue weighted by molar-refractivity contribution is 7.89. The van der Waals surface area contributed by atoms with E-state index in [0.717, 1.165) is 0 Å². The molecule has 1 aromatic carbocycles. The highest BCUT2D eigenvalue weighted by Crippen LogP contribution is 2.24. The third-order valence-electron chi connectivity index (χ3n) is 4.46. The molecule has 1 saturated heterocycles. The lowest BCUT2D eigenvalue weighted by Crippen LogP contribution is -2.40. The van der Waals surface area contributed by atoms with E-state index in [4.69, 9.17) is 4.74 Å². The van der Waals surface area contributed by atoms with Crippen molar-refractivity contribution in [2.45, 2.75) is 17.7 Å². The monoisotopic (exact) mass is 403 g/mol. The molecule has 9 heteroatoms. The summed E-state index contributed by atoms with van der Waals surface area (Å²) in [5.74, 6) is -1.33. The summed E-state index contributed by atoms with van der Waals surface area (Å²) in [6.45, 7) is 0.0579. The maximum absolute atomic E-state index is 12.6. The average Bonchev–Trinajstić information content (AvgIpc) is 2.73. The van der Waals surface area contributed by atoms with E-state index in [9.17, 15) is 18.0 Å². The number of nitrogens with zero attached hydrogens (tertiary/aromatic N) is 2. The van der Waals surface area contributed by atoms with Crippen molar-refractivity contribution in [3.05, 3.63) is 54.9 Å². The smallest absolute Gasteiger partial charge is 0.309 e. The van der Waals surface area contributed by atoms with Crippen molar-refractivity contribution in [3.8, 4) is 0 Å². The van der Waals surface area contributed by atoms with Gasteiger partial charge in [-0.05, 0) is 37.1 Å². The Morgan fingerprint density at radius 1 is 1.11 bits per heavy atom. The number of hydrogen-bond acceptors (Lipinski definition) is 6. The number of rotatable bonds is 6. The number of amides is 1. The van der Waals surface area contributed by atoms with Crippen molar-refractivity contribution in [2.75, 3.05) is 25.0 Å². The van der Waals surface area contributed by atoms with Gasteiger partial charge in [-0.25, -0.2) is 8.42 Å². The maximum atomic E-state index is 12.6. The molecule has 0 radical (unpaired) electrons. The first kappa shape index (κ1) is 20.0. The SMILES string of the molecule is O=C(COC(=O)C1CCN(S(=O)(=O)c2cccnc2)CC1)Nc1ccccc1. The second-order valence-electron chi connectivity index (χ2n) is 6.39. The number of nitrogens with one attached hydrogen (secondary N) is 1. The molecule has 1 N–H and O–H groups in total. The Balaban J connectivity index is 1.47. The van der Waals surface area contributed by atoms with Crippen molar-refractivity contribution in [2.24, 2.45) is 5.92 Å². The fraction of sp³-hybridized carbons (Fsp3) is 0.316. The highest BCUT2D eigenvalue weighted by Gasteiger charge is 2.33. The Hall–Kier alpha value is -2.78. The standard InChI is InChI=1S/C19H21N3O5S/c23-18(21-16-5-2-1-3-6-16)14-27-19(24)15-8-11-22(12-9-15)28(25,26)17-7-4-10-20-13-17/h1-7,10,13,15H,8-9,11-12,14H2,(H,21,23). The molecule has 8 nitrogen and oxygen atoms in total. The minimum absolute atomic E-state index is 0.133. The Morgan fingerprint density at radius 2 is 1.82 bits per heavy atom.